The van der Waals surface area contributed by atoms with Gasteiger partial charge in [0.05, 0.1) is 10.6 Å². The summed E-state index contributed by atoms with van der Waals surface area (Å²) in [5.74, 6) is 0. The zero-order chi connectivity index (χ0) is 13.9. The molecule has 1 N–H and O–H groups in total. The monoisotopic (exact) mass is 252 g/mol. The Morgan fingerprint density at radius 3 is 2.44 bits per heavy atom. The van der Waals surface area contributed by atoms with Crippen molar-refractivity contribution in [3.63, 3.8) is 0 Å². The maximum atomic E-state index is 11.5. The second kappa shape index (κ2) is 5.03. The van der Waals surface area contributed by atoms with Crippen molar-refractivity contribution in [2.45, 2.75) is 33.3 Å². The van der Waals surface area contributed by atoms with E-state index in [9.17, 15) is 14.9 Å². The minimum Gasteiger partial charge on any atom is -0.444 e. The van der Waals surface area contributed by atoms with Gasteiger partial charge < -0.3 is 4.74 Å². The zero-order valence-corrected chi connectivity index (χ0v) is 10.8. The fraction of sp³-hybridized carbons (Fsp3) is 0.417. The molecule has 0 fully saturated rings. The SMILES string of the molecule is Cc1cc(NC(=O)OC(C)(C)C)cc([N+](=O)[O-])c1. The van der Waals surface area contributed by atoms with Crippen LogP contribution in [0.5, 0.6) is 0 Å². The molecule has 0 heterocycles. The number of amides is 1. The normalized spacial score (nSPS) is 10.9. The summed E-state index contributed by atoms with van der Waals surface area (Å²) in [6.07, 6.45) is -0.637. The maximum absolute atomic E-state index is 11.5. The van der Waals surface area contributed by atoms with Crippen molar-refractivity contribution in [2.24, 2.45) is 0 Å². The second-order valence-electron chi connectivity index (χ2n) is 4.94. The highest BCUT2D eigenvalue weighted by molar-refractivity contribution is 5.85. The molecule has 0 spiro atoms. The van der Waals surface area contributed by atoms with Gasteiger partial charge in [-0.15, -0.1) is 0 Å². The van der Waals surface area contributed by atoms with E-state index < -0.39 is 16.6 Å². The number of rotatable bonds is 2. The van der Waals surface area contributed by atoms with Crippen LogP contribution in [0, 0.1) is 17.0 Å². The van der Waals surface area contributed by atoms with Crippen molar-refractivity contribution >= 4 is 17.5 Å². The van der Waals surface area contributed by atoms with Crippen LogP contribution in [0.15, 0.2) is 18.2 Å². The largest absolute Gasteiger partial charge is 0.444 e. The van der Waals surface area contributed by atoms with Gasteiger partial charge in [0.2, 0.25) is 0 Å². The van der Waals surface area contributed by atoms with E-state index in [1.54, 1.807) is 33.8 Å². The quantitative estimate of drug-likeness (QED) is 0.647. The summed E-state index contributed by atoms with van der Waals surface area (Å²) in [6, 6.07) is 4.36. The van der Waals surface area contributed by atoms with Crippen LogP contribution in [0.25, 0.3) is 0 Å². The molecule has 98 valence electrons. The smallest absolute Gasteiger partial charge is 0.412 e. The summed E-state index contributed by atoms with van der Waals surface area (Å²) in [5, 5.41) is 13.2. The van der Waals surface area contributed by atoms with E-state index in [1.165, 1.54) is 12.1 Å². The number of aryl methyl sites for hydroxylation is 1. The highest BCUT2D eigenvalue weighted by Gasteiger charge is 2.17. The van der Waals surface area contributed by atoms with Gasteiger partial charge in [-0.3, -0.25) is 15.4 Å². The van der Waals surface area contributed by atoms with Gasteiger partial charge in [-0.1, -0.05) is 0 Å². The van der Waals surface area contributed by atoms with Gasteiger partial charge in [-0.2, -0.15) is 0 Å². The molecule has 0 atom stereocenters. The molecule has 0 aromatic heterocycles. The lowest BCUT2D eigenvalue weighted by Gasteiger charge is -2.19. The molecular weight excluding hydrogens is 236 g/mol. The van der Waals surface area contributed by atoms with Crippen molar-refractivity contribution in [3.8, 4) is 0 Å². The van der Waals surface area contributed by atoms with Crippen LogP contribution in [-0.4, -0.2) is 16.6 Å². The summed E-state index contributed by atoms with van der Waals surface area (Å²) in [5.41, 5.74) is 0.354. The van der Waals surface area contributed by atoms with E-state index in [2.05, 4.69) is 5.32 Å². The third kappa shape index (κ3) is 4.40. The van der Waals surface area contributed by atoms with Gasteiger partial charge in [0.25, 0.3) is 5.69 Å². The molecule has 0 saturated carbocycles. The van der Waals surface area contributed by atoms with Crippen LogP contribution in [0.3, 0.4) is 0 Å². The number of hydrogen-bond donors (Lipinski definition) is 1. The van der Waals surface area contributed by atoms with E-state index in [4.69, 9.17) is 4.74 Å². The minimum atomic E-state index is -0.637. The van der Waals surface area contributed by atoms with Crippen LogP contribution in [0.2, 0.25) is 0 Å². The molecule has 0 bridgehead atoms. The van der Waals surface area contributed by atoms with Crippen LogP contribution >= 0.6 is 0 Å². The Kier molecular flexibility index (Phi) is 3.90. The first-order valence-corrected chi connectivity index (χ1v) is 5.43. The molecule has 1 amide bonds. The van der Waals surface area contributed by atoms with E-state index in [-0.39, 0.29) is 5.69 Å². The number of non-ortho nitro benzene ring substituents is 1. The third-order valence-corrected chi connectivity index (χ3v) is 1.92. The summed E-state index contributed by atoms with van der Waals surface area (Å²) in [4.78, 5) is 21.7. The highest BCUT2D eigenvalue weighted by Crippen LogP contribution is 2.21. The molecule has 0 radical (unpaired) electrons. The molecule has 0 saturated heterocycles. The Bertz CT molecular complexity index is 477. The Morgan fingerprint density at radius 2 is 1.94 bits per heavy atom. The summed E-state index contributed by atoms with van der Waals surface area (Å²) in [7, 11) is 0. The van der Waals surface area contributed by atoms with Gasteiger partial charge in [0.15, 0.2) is 0 Å². The average molecular weight is 252 g/mol. The predicted octanol–water partition coefficient (Wildman–Crippen LogP) is 3.25. The number of benzene rings is 1. The first-order valence-electron chi connectivity index (χ1n) is 5.43. The Morgan fingerprint density at radius 1 is 1.33 bits per heavy atom. The lowest BCUT2D eigenvalue weighted by atomic mass is 10.2. The van der Waals surface area contributed by atoms with Crippen LogP contribution in [-0.2, 0) is 4.74 Å². The van der Waals surface area contributed by atoms with Crippen LogP contribution < -0.4 is 5.32 Å². The van der Waals surface area contributed by atoms with Gasteiger partial charge >= 0.3 is 6.09 Å². The van der Waals surface area contributed by atoms with Gasteiger partial charge in [-0.25, -0.2) is 4.79 Å². The Balaban J connectivity index is 2.85. The van der Waals surface area contributed by atoms with Gasteiger partial charge in [0, 0.05) is 12.1 Å². The highest BCUT2D eigenvalue weighted by atomic mass is 16.6. The van der Waals surface area contributed by atoms with Crippen molar-refractivity contribution < 1.29 is 14.5 Å². The minimum absolute atomic E-state index is 0.0685. The van der Waals surface area contributed by atoms with Crippen molar-refractivity contribution in [1.82, 2.24) is 0 Å². The standard InChI is InChI=1S/C12H16N2O4/c1-8-5-9(7-10(6-8)14(16)17)13-11(15)18-12(2,3)4/h5-7H,1-4H3,(H,13,15). The molecule has 1 aromatic rings. The lowest BCUT2D eigenvalue weighted by Crippen LogP contribution is -2.27. The van der Waals surface area contributed by atoms with Gasteiger partial charge in [-0.05, 0) is 39.3 Å². The zero-order valence-electron chi connectivity index (χ0n) is 10.8. The summed E-state index contributed by atoms with van der Waals surface area (Å²) in [6.45, 7) is 6.94. The van der Waals surface area contributed by atoms with E-state index >= 15 is 0 Å². The number of carbonyl (C=O) groups excluding carboxylic acids is 1. The van der Waals surface area contributed by atoms with Crippen LogP contribution in [0.4, 0.5) is 16.2 Å². The van der Waals surface area contributed by atoms with Gasteiger partial charge in [0.1, 0.15) is 5.60 Å². The molecule has 0 aliphatic rings. The summed E-state index contributed by atoms with van der Waals surface area (Å²) < 4.78 is 5.06. The fourth-order valence-electron chi connectivity index (χ4n) is 1.36. The van der Waals surface area contributed by atoms with E-state index in [1.807, 2.05) is 0 Å². The number of carbonyl (C=O) groups is 1. The molecule has 0 aliphatic carbocycles. The maximum Gasteiger partial charge on any atom is 0.412 e. The molecule has 18 heavy (non-hydrogen) atoms. The molecular formula is C12H16N2O4. The topological polar surface area (TPSA) is 81.5 Å². The number of nitrogens with zero attached hydrogens (tertiary/aromatic N) is 1. The second-order valence-corrected chi connectivity index (χ2v) is 4.94. The Hall–Kier alpha value is -2.11. The average Bonchev–Trinajstić information content (AvgIpc) is 2.12. The molecule has 0 unspecified atom stereocenters. The van der Waals surface area contributed by atoms with Crippen molar-refractivity contribution in [2.75, 3.05) is 5.32 Å². The molecule has 6 nitrogen and oxygen atoms in total. The number of ether oxygens (including phenoxy) is 1. The molecule has 6 heteroatoms. The Labute approximate surface area is 105 Å². The van der Waals surface area contributed by atoms with Crippen LogP contribution in [0.1, 0.15) is 26.3 Å². The number of nitrogens with one attached hydrogen (secondary N) is 1. The fourth-order valence-corrected chi connectivity index (χ4v) is 1.36. The summed E-state index contributed by atoms with van der Waals surface area (Å²) >= 11 is 0. The molecule has 0 aliphatic heterocycles. The van der Waals surface area contributed by atoms with Crippen molar-refractivity contribution in [1.29, 1.82) is 0 Å². The predicted molar refractivity (Wildman–Crippen MR) is 67.7 cm³/mol. The number of hydrogen-bond acceptors (Lipinski definition) is 4. The van der Waals surface area contributed by atoms with Crippen molar-refractivity contribution in [3.05, 3.63) is 33.9 Å². The van der Waals surface area contributed by atoms with E-state index in [0.717, 1.165) is 0 Å². The third-order valence-electron chi connectivity index (χ3n) is 1.92. The lowest BCUT2D eigenvalue weighted by molar-refractivity contribution is -0.384. The number of anilines is 1. The van der Waals surface area contributed by atoms with E-state index in [0.29, 0.717) is 11.3 Å². The number of nitro groups is 1. The first kappa shape index (κ1) is 14.0. The first-order chi connectivity index (χ1) is 8.17. The number of nitro benzene ring substituents is 1. The molecule has 1 rings (SSSR count). The molecule has 1 aromatic carbocycles.